The van der Waals surface area contributed by atoms with Gasteiger partial charge in [-0.1, -0.05) is 24.3 Å². The molecule has 0 unspecified atom stereocenters. The van der Waals surface area contributed by atoms with Crippen LogP contribution >= 0.6 is 0 Å². The third kappa shape index (κ3) is 2.27. The van der Waals surface area contributed by atoms with Crippen molar-refractivity contribution in [1.29, 1.82) is 0 Å². The van der Waals surface area contributed by atoms with E-state index in [1.165, 1.54) is 12.1 Å². The molecule has 0 aliphatic carbocycles. The van der Waals surface area contributed by atoms with Crippen LogP contribution in [0.25, 0.3) is 11.1 Å². The molecular weight excluding hydrogens is 235 g/mol. The number of aldehydes is 1. The van der Waals surface area contributed by atoms with E-state index in [-0.39, 0.29) is 5.56 Å². The zero-order valence-electron chi connectivity index (χ0n) is 9.26. The van der Waals surface area contributed by atoms with Crippen molar-refractivity contribution in [3.8, 4) is 11.1 Å². The molecule has 2 aromatic rings. The summed E-state index contributed by atoms with van der Waals surface area (Å²) in [5.41, 5.74) is 1.35. The quantitative estimate of drug-likeness (QED) is 0.844. The Hall–Kier alpha value is -2.49. The normalized spacial score (nSPS) is 10.1. The average Bonchev–Trinajstić information content (AvgIpc) is 2.38. The van der Waals surface area contributed by atoms with Crippen molar-refractivity contribution < 1.29 is 19.1 Å². The maximum Gasteiger partial charge on any atom is 0.336 e. The van der Waals surface area contributed by atoms with E-state index in [0.29, 0.717) is 23.0 Å². The molecule has 18 heavy (non-hydrogen) atoms. The lowest BCUT2D eigenvalue weighted by molar-refractivity contribution is 0.0697. The Labute approximate surface area is 103 Å². The molecule has 3 nitrogen and oxygen atoms in total. The molecule has 4 heteroatoms. The third-order valence-electron chi connectivity index (χ3n) is 2.57. The van der Waals surface area contributed by atoms with Gasteiger partial charge in [0.15, 0.2) is 0 Å². The maximum atomic E-state index is 13.2. The van der Waals surface area contributed by atoms with E-state index in [1.54, 1.807) is 24.3 Å². The molecule has 0 amide bonds. The SMILES string of the molecule is O=Cc1ccc(-c2cc(F)ccc2C(=O)O)cc1. The second-order valence-corrected chi connectivity index (χ2v) is 3.73. The Morgan fingerprint density at radius 1 is 1.11 bits per heavy atom. The van der Waals surface area contributed by atoms with Gasteiger partial charge in [-0.05, 0) is 29.3 Å². The van der Waals surface area contributed by atoms with Crippen molar-refractivity contribution in [3.05, 3.63) is 59.4 Å². The average molecular weight is 244 g/mol. The summed E-state index contributed by atoms with van der Waals surface area (Å²) in [4.78, 5) is 21.6. The summed E-state index contributed by atoms with van der Waals surface area (Å²) in [5.74, 6) is -1.63. The first-order valence-electron chi connectivity index (χ1n) is 5.20. The largest absolute Gasteiger partial charge is 0.478 e. The van der Waals surface area contributed by atoms with Crippen molar-refractivity contribution in [2.75, 3.05) is 0 Å². The summed E-state index contributed by atoms with van der Waals surface area (Å²) in [6, 6.07) is 9.78. The van der Waals surface area contributed by atoms with Crippen molar-refractivity contribution in [1.82, 2.24) is 0 Å². The molecule has 0 fully saturated rings. The lowest BCUT2D eigenvalue weighted by Crippen LogP contribution is -2.00. The van der Waals surface area contributed by atoms with Crippen LogP contribution in [0.3, 0.4) is 0 Å². The van der Waals surface area contributed by atoms with Gasteiger partial charge in [0, 0.05) is 5.56 Å². The minimum absolute atomic E-state index is 0.0234. The second-order valence-electron chi connectivity index (χ2n) is 3.73. The zero-order valence-corrected chi connectivity index (χ0v) is 9.26. The van der Waals surface area contributed by atoms with Crippen molar-refractivity contribution in [3.63, 3.8) is 0 Å². The fraction of sp³-hybridized carbons (Fsp3) is 0. The molecule has 2 aromatic carbocycles. The lowest BCUT2D eigenvalue weighted by Gasteiger charge is -2.06. The summed E-state index contributed by atoms with van der Waals surface area (Å²) < 4.78 is 13.2. The molecular formula is C14H9FO3. The number of benzene rings is 2. The summed E-state index contributed by atoms with van der Waals surface area (Å²) in [6.45, 7) is 0. The molecule has 0 radical (unpaired) electrons. The molecule has 0 aliphatic heterocycles. The number of carboxylic acid groups (broad SMARTS) is 1. The maximum absolute atomic E-state index is 13.2. The van der Waals surface area contributed by atoms with Crippen LogP contribution in [0.15, 0.2) is 42.5 Å². The number of aromatic carboxylic acids is 1. The number of hydrogen-bond donors (Lipinski definition) is 1. The van der Waals surface area contributed by atoms with E-state index in [2.05, 4.69) is 0 Å². The number of hydrogen-bond acceptors (Lipinski definition) is 2. The fourth-order valence-electron chi connectivity index (χ4n) is 1.68. The van der Waals surface area contributed by atoms with Crippen molar-refractivity contribution >= 4 is 12.3 Å². The Kier molecular flexibility index (Phi) is 3.19. The molecule has 0 heterocycles. The van der Waals surface area contributed by atoms with E-state index >= 15 is 0 Å². The van der Waals surface area contributed by atoms with Crippen LogP contribution in [0, 0.1) is 5.82 Å². The predicted octanol–water partition coefficient (Wildman–Crippen LogP) is 3.00. The molecule has 0 bridgehead atoms. The monoisotopic (exact) mass is 244 g/mol. The summed E-state index contributed by atoms with van der Waals surface area (Å²) >= 11 is 0. The third-order valence-corrected chi connectivity index (χ3v) is 2.57. The molecule has 0 saturated heterocycles. The standard InChI is InChI=1S/C14H9FO3/c15-11-5-6-12(14(17)18)13(7-11)10-3-1-9(8-16)2-4-10/h1-8H,(H,17,18). The molecule has 0 saturated carbocycles. The molecule has 2 rings (SSSR count). The van der Waals surface area contributed by atoms with E-state index in [0.717, 1.165) is 6.07 Å². The van der Waals surface area contributed by atoms with Gasteiger partial charge in [-0.25, -0.2) is 9.18 Å². The van der Waals surface area contributed by atoms with Crippen LogP contribution in [-0.4, -0.2) is 17.4 Å². The van der Waals surface area contributed by atoms with Gasteiger partial charge in [0.25, 0.3) is 0 Å². The zero-order chi connectivity index (χ0) is 13.1. The minimum atomic E-state index is -1.12. The van der Waals surface area contributed by atoms with Gasteiger partial charge in [0.05, 0.1) is 5.56 Å². The highest BCUT2D eigenvalue weighted by Gasteiger charge is 2.12. The van der Waals surface area contributed by atoms with Crippen LogP contribution in [0.4, 0.5) is 4.39 Å². The Bertz CT molecular complexity index is 603. The molecule has 1 N–H and O–H groups in total. The van der Waals surface area contributed by atoms with Gasteiger partial charge in [0.1, 0.15) is 12.1 Å². The van der Waals surface area contributed by atoms with E-state index < -0.39 is 11.8 Å². The molecule has 0 aromatic heterocycles. The van der Waals surface area contributed by atoms with Gasteiger partial charge in [0.2, 0.25) is 0 Å². The lowest BCUT2D eigenvalue weighted by atomic mass is 9.98. The predicted molar refractivity (Wildman–Crippen MR) is 64.2 cm³/mol. The van der Waals surface area contributed by atoms with Crippen LogP contribution in [0.5, 0.6) is 0 Å². The van der Waals surface area contributed by atoms with Crippen LogP contribution in [0.2, 0.25) is 0 Å². The number of carboxylic acids is 1. The van der Waals surface area contributed by atoms with Crippen LogP contribution in [0.1, 0.15) is 20.7 Å². The Morgan fingerprint density at radius 3 is 2.33 bits per heavy atom. The summed E-state index contributed by atoms with van der Waals surface area (Å²) in [7, 11) is 0. The smallest absolute Gasteiger partial charge is 0.336 e. The van der Waals surface area contributed by atoms with Gasteiger partial charge in [-0.15, -0.1) is 0 Å². The molecule has 0 spiro atoms. The molecule has 90 valence electrons. The first kappa shape index (κ1) is 12.0. The van der Waals surface area contributed by atoms with E-state index in [4.69, 9.17) is 5.11 Å². The van der Waals surface area contributed by atoms with Crippen molar-refractivity contribution in [2.45, 2.75) is 0 Å². The minimum Gasteiger partial charge on any atom is -0.478 e. The van der Waals surface area contributed by atoms with E-state index in [1.807, 2.05) is 0 Å². The topological polar surface area (TPSA) is 54.4 Å². The number of carbonyl (C=O) groups is 2. The van der Waals surface area contributed by atoms with Gasteiger partial charge in [-0.2, -0.15) is 0 Å². The Morgan fingerprint density at radius 2 is 1.78 bits per heavy atom. The highest BCUT2D eigenvalue weighted by molar-refractivity contribution is 5.96. The highest BCUT2D eigenvalue weighted by Crippen LogP contribution is 2.25. The number of rotatable bonds is 3. The summed E-state index contributed by atoms with van der Waals surface area (Å²) in [5, 5.41) is 9.04. The molecule has 0 atom stereocenters. The second kappa shape index (κ2) is 4.79. The first-order chi connectivity index (χ1) is 8.61. The van der Waals surface area contributed by atoms with Crippen LogP contribution in [-0.2, 0) is 0 Å². The van der Waals surface area contributed by atoms with Gasteiger partial charge >= 0.3 is 5.97 Å². The van der Waals surface area contributed by atoms with Gasteiger partial charge in [-0.3, -0.25) is 4.79 Å². The molecule has 0 aliphatic rings. The number of halogens is 1. The summed E-state index contributed by atoms with van der Waals surface area (Å²) in [6.07, 6.45) is 0.688. The van der Waals surface area contributed by atoms with Crippen molar-refractivity contribution in [2.24, 2.45) is 0 Å². The fourth-order valence-corrected chi connectivity index (χ4v) is 1.68. The first-order valence-corrected chi connectivity index (χ1v) is 5.20. The van der Waals surface area contributed by atoms with Gasteiger partial charge < -0.3 is 5.11 Å². The van der Waals surface area contributed by atoms with Crippen LogP contribution < -0.4 is 0 Å². The Balaban J connectivity index is 2.57. The van der Waals surface area contributed by atoms with E-state index in [9.17, 15) is 14.0 Å². The number of carbonyl (C=O) groups excluding carboxylic acids is 1. The highest BCUT2D eigenvalue weighted by atomic mass is 19.1.